The molecule has 0 spiro atoms. The van der Waals surface area contributed by atoms with Crippen molar-refractivity contribution in [3.63, 3.8) is 0 Å². The molecule has 0 heterocycles. The number of nitrogens with zero attached hydrogens (tertiary/aromatic N) is 1. The summed E-state index contributed by atoms with van der Waals surface area (Å²) in [5.74, 6) is -0.555. The molecular weight excluding hydrogens is 406 g/mol. The molecular formula is C25H39N3O4. The minimum Gasteiger partial charge on any atom is -0.444 e. The van der Waals surface area contributed by atoms with Gasteiger partial charge in [-0.25, -0.2) is 4.79 Å². The van der Waals surface area contributed by atoms with Crippen LogP contribution in [0, 0.1) is 13.8 Å². The highest BCUT2D eigenvalue weighted by Gasteiger charge is 2.33. The van der Waals surface area contributed by atoms with Crippen molar-refractivity contribution in [2.24, 2.45) is 0 Å². The summed E-state index contributed by atoms with van der Waals surface area (Å²) in [6.07, 6.45) is 4.65. The van der Waals surface area contributed by atoms with Crippen molar-refractivity contribution in [2.45, 2.75) is 97.4 Å². The fourth-order valence-corrected chi connectivity index (χ4v) is 4.22. The Morgan fingerprint density at radius 2 is 1.59 bits per heavy atom. The second kappa shape index (κ2) is 10.8. The van der Waals surface area contributed by atoms with Crippen LogP contribution < -0.4 is 10.6 Å². The van der Waals surface area contributed by atoms with Crippen molar-refractivity contribution in [2.75, 3.05) is 7.05 Å². The van der Waals surface area contributed by atoms with Crippen LogP contribution in [0.15, 0.2) is 18.2 Å². The number of carbonyl (C=O) groups excluding carboxylic acids is 3. The molecule has 0 saturated heterocycles. The number of carbonyl (C=O) groups is 3. The molecule has 0 aromatic heterocycles. The molecule has 2 unspecified atom stereocenters. The standard InChI is InChI=1S/C25H39N3O4/c1-16-13-17(2)15-19(14-16)21(22(29)27-20-11-9-8-10-12-20)28(7)23(30)18(3)26-24(31)32-25(4,5)6/h13-15,18,20-21H,8-12H2,1-7H3,(H,26,31)(H,27,29). The third-order valence-electron chi connectivity index (χ3n) is 5.60. The van der Waals surface area contributed by atoms with Gasteiger partial charge in [0.1, 0.15) is 17.7 Å². The monoisotopic (exact) mass is 445 g/mol. The van der Waals surface area contributed by atoms with Crippen molar-refractivity contribution in [3.05, 3.63) is 34.9 Å². The minimum atomic E-state index is -0.842. The van der Waals surface area contributed by atoms with E-state index in [9.17, 15) is 14.4 Å². The first-order chi connectivity index (χ1) is 14.9. The van der Waals surface area contributed by atoms with E-state index in [1.165, 1.54) is 11.3 Å². The van der Waals surface area contributed by atoms with Gasteiger partial charge in [0, 0.05) is 13.1 Å². The van der Waals surface area contributed by atoms with E-state index in [0.717, 1.165) is 42.4 Å². The highest BCUT2D eigenvalue weighted by atomic mass is 16.6. The molecule has 32 heavy (non-hydrogen) atoms. The molecule has 7 heteroatoms. The molecule has 0 bridgehead atoms. The van der Waals surface area contributed by atoms with E-state index in [4.69, 9.17) is 4.74 Å². The van der Waals surface area contributed by atoms with E-state index in [1.807, 2.05) is 32.0 Å². The summed E-state index contributed by atoms with van der Waals surface area (Å²) in [7, 11) is 1.61. The summed E-state index contributed by atoms with van der Waals surface area (Å²) < 4.78 is 5.26. The van der Waals surface area contributed by atoms with Crippen LogP contribution in [-0.4, -0.2) is 47.5 Å². The molecule has 0 aliphatic heterocycles. The van der Waals surface area contributed by atoms with Crippen LogP contribution in [0.2, 0.25) is 0 Å². The van der Waals surface area contributed by atoms with Gasteiger partial charge in [-0.15, -0.1) is 0 Å². The number of hydrogen-bond acceptors (Lipinski definition) is 4. The first kappa shape index (κ1) is 25.7. The van der Waals surface area contributed by atoms with E-state index in [-0.39, 0.29) is 17.9 Å². The molecule has 2 atom stereocenters. The molecule has 1 aromatic rings. The third kappa shape index (κ3) is 7.53. The van der Waals surface area contributed by atoms with E-state index >= 15 is 0 Å². The van der Waals surface area contributed by atoms with Gasteiger partial charge in [-0.2, -0.15) is 0 Å². The number of amides is 3. The smallest absolute Gasteiger partial charge is 0.408 e. The van der Waals surface area contributed by atoms with E-state index in [1.54, 1.807) is 34.7 Å². The van der Waals surface area contributed by atoms with E-state index < -0.39 is 23.8 Å². The maximum absolute atomic E-state index is 13.4. The second-order valence-corrected chi connectivity index (χ2v) is 9.98. The highest BCUT2D eigenvalue weighted by molar-refractivity contribution is 5.91. The fourth-order valence-electron chi connectivity index (χ4n) is 4.22. The summed E-state index contributed by atoms with van der Waals surface area (Å²) >= 11 is 0. The number of aryl methyl sites for hydroxylation is 2. The van der Waals surface area contributed by atoms with Gasteiger partial charge in [0.15, 0.2) is 0 Å². The maximum Gasteiger partial charge on any atom is 0.408 e. The zero-order valence-electron chi connectivity index (χ0n) is 20.6. The van der Waals surface area contributed by atoms with Gasteiger partial charge in [0.25, 0.3) is 0 Å². The van der Waals surface area contributed by atoms with Crippen molar-refractivity contribution in [1.82, 2.24) is 15.5 Å². The van der Waals surface area contributed by atoms with Crippen LogP contribution in [0.3, 0.4) is 0 Å². The number of nitrogens with one attached hydrogen (secondary N) is 2. The molecule has 0 radical (unpaired) electrons. The summed E-state index contributed by atoms with van der Waals surface area (Å²) in [5, 5.41) is 5.74. The van der Waals surface area contributed by atoms with Crippen LogP contribution in [0.25, 0.3) is 0 Å². The Kier molecular flexibility index (Phi) is 8.70. The number of alkyl carbamates (subject to hydrolysis) is 1. The first-order valence-electron chi connectivity index (χ1n) is 11.5. The van der Waals surface area contributed by atoms with Crippen LogP contribution >= 0.6 is 0 Å². The van der Waals surface area contributed by atoms with Crippen LogP contribution in [0.4, 0.5) is 4.79 Å². The quantitative estimate of drug-likeness (QED) is 0.688. The van der Waals surface area contributed by atoms with Crippen molar-refractivity contribution in [1.29, 1.82) is 0 Å². The van der Waals surface area contributed by atoms with Gasteiger partial charge in [0.05, 0.1) is 0 Å². The molecule has 178 valence electrons. The van der Waals surface area contributed by atoms with Gasteiger partial charge in [-0.1, -0.05) is 48.6 Å². The highest BCUT2D eigenvalue weighted by Crippen LogP contribution is 2.25. The lowest BCUT2D eigenvalue weighted by Gasteiger charge is -2.32. The third-order valence-corrected chi connectivity index (χ3v) is 5.60. The molecule has 2 rings (SSSR count). The zero-order valence-corrected chi connectivity index (χ0v) is 20.6. The van der Waals surface area contributed by atoms with Crippen LogP contribution in [0.5, 0.6) is 0 Å². The molecule has 2 N–H and O–H groups in total. The summed E-state index contributed by atoms with van der Waals surface area (Å²) in [6.45, 7) is 10.8. The van der Waals surface area contributed by atoms with Gasteiger partial charge < -0.3 is 20.3 Å². The lowest BCUT2D eigenvalue weighted by Crippen LogP contribution is -2.51. The lowest BCUT2D eigenvalue weighted by molar-refractivity contribution is -0.140. The topological polar surface area (TPSA) is 87.7 Å². The molecule has 7 nitrogen and oxygen atoms in total. The fraction of sp³-hybridized carbons (Fsp3) is 0.640. The SMILES string of the molecule is Cc1cc(C)cc(C(C(=O)NC2CCCCC2)N(C)C(=O)C(C)NC(=O)OC(C)(C)C)c1. The second-order valence-electron chi connectivity index (χ2n) is 9.98. The molecule has 1 saturated carbocycles. The predicted molar refractivity (Wildman–Crippen MR) is 125 cm³/mol. The van der Waals surface area contributed by atoms with Crippen molar-refractivity contribution >= 4 is 17.9 Å². The van der Waals surface area contributed by atoms with Gasteiger partial charge in [-0.3, -0.25) is 9.59 Å². The Hall–Kier alpha value is -2.57. The number of benzene rings is 1. The minimum absolute atomic E-state index is 0.130. The Morgan fingerprint density at radius 1 is 1.03 bits per heavy atom. The average molecular weight is 446 g/mol. The maximum atomic E-state index is 13.4. The number of likely N-dealkylation sites (N-methyl/N-ethyl adjacent to an activating group) is 1. The average Bonchev–Trinajstić information content (AvgIpc) is 2.65. The Labute approximate surface area is 192 Å². The molecule has 1 aliphatic carbocycles. The zero-order chi connectivity index (χ0) is 24.1. The van der Waals surface area contributed by atoms with Crippen LogP contribution in [0.1, 0.15) is 82.5 Å². The first-order valence-corrected chi connectivity index (χ1v) is 11.5. The van der Waals surface area contributed by atoms with Gasteiger partial charge in [-0.05, 0) is 59.9 Å². The largest absolute Gasteiger partial charge is 0.444 e. The molecule has 3 amide bonds. The van der Waals surface area contributed by atoms with Crippen molar-refractivity contribution in [3.8, 4) is 0 Å². The van der Waals surface area contributed by atoms with E-state index in [0.29, 0.717) is 0 Å². The van der Waals surface area contributed by atoms with E-state index in [2.05, 4.69) is 10.6 Å². The molecule has 1 fully saturated rings. The Bertz CT molecular complexity index is 805. The van der Waals surface area contributed by atoms with Crippen LogP contribution in [-0.2, 0) is 14.3 Å². The number of rotatable bonds is 6. The van der Waals surface area contributed by atoms with Crippen molar-refractivity contribution < 1.29 is 19.1 Å². The van der Waals surface area contributed by atoms with Gasteiger partial charge >= 0.3 is 6.09 Å². The number of hydrogen-bond donors (Lipinski definition) is 2. The predicted octanol–water partition coefficient (Wildman–Crippen LogP) is 4.17. The Balaban J connectivity index is 2.23. The Morgan fingerprint density at radius 3 is 2.12 bits per heavy atom. The summed E-state index contributed by atoms with van der Waals surface area (Å²) in [6, 6.07) is 4.41. The number of ether oxygens (including phenoxy) is 1. The molecule has 1 aromatic carbocycles. The summed E-state index contributed by atoms with van der Waals surface area (Å²) in [5.41, 5.74) is 2.14. The normalized spacial score (nSPS) is 16.6. The summed E-state index contributed by atoms with van der Waals surface area (Å²) in [4.78, 5) is 40.2. The lowest BCUT2D eigenvalue weighted by atomic mass is 9.94. The van der Waals surface area contributed by atoms with Gasteiger partial charge in [0.2, 0.25) is 11.8 Å². The molecule has 1 aliphatic rings.